The molecule has 0 bridgehead atoms. The summed E-state index contributed by atoms with van der Waals surface area (Å²) in [5.74, 6) is -0.778. The first kappa shape index (κ1) is 16.9. The van der Waals surface area contributed by atoms with Crippen LogP contribution < -0.4 is 0 Å². The molecule has 1 unspecified atom stereocenters. The molecule has 1 aromatic carbocycles. The number of sulfonamides is 1. The van der Waals surface area contributed by atoms with Crippen LogP contribution in [0.15, 0.2) is 30.3 Å². The van der Waals surface area contributed by atoms with E-state index in [1.54, 1.807) is 37.3 Å². The maximum atomic E-state index is 12.5. The van der Waals surface area contributed by atoms with Crippen LogP contribution in [0.4, 0.5) is 0 Å². The molecule has 0 saturated carbocycles. The minimum Gasteiger partial charge on any atom is -0.272 e. The van der Waals surface area contributed by atoms with Gasteiger partial charge in [-0.2, -0.15) is 0 Å². The van der Waals surface area contributed by atoms with Gasteiger partial charge in [0.25, 0.3) is 19.6 Å². The molecule has 1 fully saturated rings. The van der Waals surface area contributed by atoms with Crippen molar-refractivity contribution in [3.8, 4) is 0 Å². The smallest absolute Gasteiger partial charge is 0.272 e. The molecule has 1 aromatic rings. The van der Waals surface area contributed by atoms with E-state index in [1.165, 1.54) is 0 Å². The maximum absolute atomic E-state index is 12.5. The number of halogens is 3. The van der Waals surface area contributed by atoms with Crippen molar-refractivity contribution in [3.05, 3.63) is 35.9 Å². The second kappa shape index (κ2) is 5.61. The summed E-state index contributed by atoms with van der Waals surface area (Å²) in [6, 6.07) is 8.70. The van der Waals surface area contributed by atoms with Crippen LogP contribution in [-0.4, -0.2) is 27.2 Å². The predicted octanol–water partition coefficient (Wildman–Crippen LogP) is 3.27. The van der Waals surface area contributed by atoms with Gasteiger partial charge in [0.2, 0.25) is 0 Å². The first-order valence-corrected chi connectivity index (χ1v) is 8.93. The lowest BCUT2D eigenvalue weighted by Crippen LogP contribution is -2.44. The molecule has 1 heterocycles. The fourth-order valence-electron chi connectivity index (χ4n) is 2.28. The molecule has 116 valence electrons. The largest absolute Gasteiger partial charge is 0.274 e. The van der Waals surface area contributed by atoms with E-state index in [1.807, 2.05) is 0 Å². The second-order valence-corrected chi connectivity index (χ2v) is 9.29. The highest BCUT2D eigenvalue weighted by Gasteiger charge is 2.71. The van der Waals surface area contributed by atoms with E-state index in [0.29, 0.717) is 16.3 Å². The SMILES string of the molecule is CCCC1(Cl)C(=O)N(Cc2ccccc2)S(=O)(=O)C1(Cl)Cl. The lowest BCUT2D eigenvalue weighted by molar-refractivity contribution is -0.128. The Morgan fingerprint density at radius 2 is 1.71 bits per heavy atom. The van der Waals surface area contributed by atoms with Crippen LogP contribution in [0.1, 0.15) is 25.3 Å². The van der Waals surface area contributed by atoms with Gasteiger partial charge < -0.3 is 0 Å². The first-order chi connectivity index (χ1) is 9.68. The molecule has 0 spiro atoms. The number of benzene rings is 1. The Hall–Kier alpha value is -0.490. The molecule has 0 N–H and O–H groups in total. The van der Waals surface area contributed by atoms with Gasteiger partial charge >= 0.3 is 0 Å². The molecule has 4 nitrogen and oxygen atoms in total. The zero-order valence-corrected chi connectivity index (χ0v) is 14.3. The standard InChI is InChI=1S/C13H14Cl3NO3S/c1-2-8-12(14)11(18)17(21(19,20)13(12,15)16)9-10-6-4-3-5-7-10/h3-7H,2,8-9H2,1H3. The highest BCUT2D eigenvalue weighted by Crippen LogP contribution is 2.54. The minimum atomic E-state index is -4.26. The Morgan fingerprint density at radius 1 is 1.14 bits per heavy atom. The monoisotopic (exact) mass is 369 g/mol. The number of carbonyl (C=O) groups is 1. The zero-order chi connectivity index (χ0) is 15.9. The normalized spacial score (nSPS) is 27.0. The molecule has 1 atom stereocenters. The van der Waals surface area contributed by atoms with Crippen molar-refractivity contribution in [3.63, 3.8) is 0 Å². The van der Waals surface area contributed by atoms with Gasteiger partial charge in [-0.3, -0.25) is 4.79 Å². The lowest BCUT2D eigenvalue weighted by Gasteiger charge is -2.25. The highest BCUT2D eigenvalue weighted by molar-refractivity contribution is 7.94. The Labute approximate surface area is 139 Å². The summed E-state index contributed by atoms with van der Waals surface area (Å²) in [6.45, 7) is 1.63. The quantitative estimate of drug-likeness (QED) is 0.764. The average molecular weight is 371 g/mol. The van der Waals surface area contributed by atoms with E-state index >= 15 is 0 Å². The van der Waals surface area contributed by atoms with Crippen molar-refractivity contribution >= 4 is 50.7 Å². The van der Waals surface area contributed by atoms with Gasteiger partial charge in [-0.15, -0.1) is 11.6 Å². The molecule has 21 heavy (non-hydrogen) atoms. The number of amides is 1. The Balaban J connectivity index is 2.46. The first-order valence-electron chi connectivity index (χ1n) is 6.36. The fourth-order valence-corrected chi connectivity index (χ4v) is 5.33. The van der Waals surface area contributed by atoms with Crippen molar-refractivity contribution in [2.24, 2.45) is 0 Å². The molecular formula is C13H14Cl3NO3S. The number of nitrogens with zero attached hydrogens (tertiary/aromatic N) is 1. The molecule has 1 amide bonds. The van der Waals surface area contributed by atoms with Gasteiger partial charge in [-0.05, 0) is 12.0 Å². The second-order valence-electron chi connectivity index (χ2n) is 4.87. The number of hydrogen-bond acceptors (Lipinski definition) is 3. The summed E-state index contributed by atoms with van der Waals surface area (Å²) in [7, 11) is -4.26. The predicted molar refractivity (Wildman–Crippen MR) is 83.8 cm³/mol. The van der Waals surface area contributed by atoms with E-state index in [-0.39, 0.29) is 13.0 Å². The van der Waals surface area contributed by atoms with Crippen LogP contribution in [0, 0.1) is 0 Å². The van der Waals surface area contributed by atoms with Gasteiger partial charge in [0, 0.05) is 0 Å². The Morgan fingerprint density at radius 3 is 2.24 bits per heavy atom. The zero-order valence-electron chi connectivity index (χ0n) is 11.2. The topological polar surface area (TPSA) is 54.5 Å². The van der Waals surface area contributed by atoms with Crippen LogP contribution >= 0.6 is 34.8 Å². The van der Waals surface area contributed by atoms with Crippen LogP contribution in [-0.2, 0) is 21.4 Å². The van der Waals surface area contributed by atoms with E-state index < -0.39 is 24.5 Å². The molecule has 1 aliphatic rings. The fraction of sp³-hybridized carbons (Fsp3) is 0.462. The number of alkyl halides is 3. The van der Waals surface area contributed by atoms with Gasteiger partial charge in [0.1, 0.15) is 0 Å². The van der Waals surface area contributed by atoms with Crippen molar-refractivity contribution < 1.29 is 13.2 Å². The third-order valence-electron chi connectivity index (χ3n) is 3.40. The number of rotatable bonds is 4. The Kier molecular flexibility index (Phi) is 4.51. The summed E-state index contributed by atoms with van der Waals surface area (Å²) in [5, 5.41) is 0. The Bertz CT molecular complexity index is 648. The third kappa shape index (κ3) is 2.44. The summed E-state index contributed by atoms with van der Waals surface area (Å²) < 4.78 is 23.3. The molecule has 8 heteroatoms. The molecule has 0 radical (unpaired) electrons. The van der Waals surface area contributed by atoms with Crippen LogP contribution in [0.5, 0.6) is 0 Å². The molecule has 0 aromatic heterocycles. The van der Waals surface area contributed by atoms with Crippen molar-refractivity contribution in [1.82, 2.24) is 4.31 Å². The molecule has 1 saturated heterocycles. The minimum absolute atomic E-state index is 0.0743. The molecule has 2 rings (SSSR count). The summed E-state index contributed by atoms with van der Waals surface area (Å²) in [6.07, 6.45) is 0.552. The van der Waals surface area contributed by atoms with Crippen LogP contribution in [0.2, 0.25) is 0 Å². The summed E-state index contributed by atoms with van der Waals surface area (Å²) in [5.41, 5.74) is 0.649. The van der Waals surface area contributed by atoms with Gasteiger partial charge in [-0.1, -0.05) is 66.9 Å². The molecule has 1 aliphatic heterocycles. The summed E-state index contributed by atoms with van der Waals surface area (Å²) >= 11 is 18.2. The van der Waals surface area contributed by atoms with Gasteiger partial charge in [0.15, 0.2) is 4.87 Å². The van der Waals surface area contributed by atoms with Crippen LogP contribution in [0.3, 0.4) is 0 Å². The number of hydrogen-bond donors (Lipinski definition) is 0. The van der Waals surface area contributed by atoms with Gasteiger partial charge in [0.05, 0.1) is 6.54 Å². The van der Waals surface area contributed by atoms with Crippen molar-refractivity contribution in [2.45, 2.75) is 34.8 Å². The van der Waals surface area contributed by atoms with Crippen LogP contribution in [0.25, 0.3) is 0 Å². The van der Waals surface area contributed by atoms with Gasteiger partial charge in [-0.25, -0.2) is 12.7 Å². The lowest BCUT2D eigenvalue weighted by atomic mass is 10.0. The van der Waals surface area contributed by atoms with E-state index in [0.717, 1.165) is 0 Å². The van der Waals surface area contributed by atoms with E-state index in [9.17, 15) is 13.2 Å². The van der Waals surface area contributed by atoms with E-state index in [2.05, 4.69) is 0 Å². The van der Waals surface area contributed by atoms with E-state index in [4.69, 9.17) is 34.8 Å². The average Bonchev–Trinajstić information content (AvgIpc) is 2.52. The summed E-state index contributed by atoms with van der Waals surface area (Å²) in [4.78, 5) is 10.6. The highest BCUT2D eigenvalue weighted by atomic mass is 35.5. The molecule has 0 aliphatic carbocycles. The number of carbonyl (C=O) groups excluding carboxylic acids is 1. The molecular weight excluding hydrogens is 357 g/mol. The van der Waals surface area contributed by atoms with Crippen molar-refractivity contribution in [1.29, 1.82) is 0 Å². The maximum Gasteiger partial charge on any atom is 0.274 e. The van der Waals surface area contributed by atoms with Crippen molar-refractivity contribution in [2.75, 3.05) is 0 Å². The third-order valence-corrected chi connectivity index (χ3v) is 8.03.